The van der Waals surface area contributed by atoms with Gasteiger partial charge >= 0.3 is 0 Å². The molecular formula is C20H18ClN3O5S. The number of rotatable bonds is 7. The molecular weight excluding hydrogens is 430 g/mol. The molecule has 10 heteroatoms. The van der Waals surface area contributed by atoms with Crippen LogP contribution in [0.2, 0.25) is 5.02 Å². The number of hydrogen-bond donors (Lipinski definition) is 1. The van der Waals surface area contributed by atoms with Gasteiger partial charge in [0.15, 0.2) is 5.11 Å². The molecule has 1 N–H and O–H groups in total. The van der Waals surface area contributed by atoms with Gasteiger partial charge in [-0.25, -0.2) is 0 Å². The van der Waals surface area contributed by atoms with Crippen LogP contribution in [0.3, 0.4) is 0 Å². The zero-order valence-corrected chi connectivity index (χ0v) is 17.7. The quantitative estimate of drug-likeness (QED) is 0.297. The smallest absolute Gasteiger partial charge is 0.276 e. The highest BCUT2D eigenvalue weighted by Gasteiger charge is 2.29. The lowest BCUT2D eigenvalue weighted by molar-refractivity contribution is -0.384. The molecule has 8 nitrogen and oxygen atoms in total. The number of nitro benzene ring substituents is 1. The Morgan fingerprint density at radius 1 is 1.27 bits per heavy atom. The summed E-state index contributed by atoms with van der Waals surface area (Å²) in [6.45, 7) is 2.44. The van der Waals surface area contributed by atoms with E-state index in [-0.39, 0.29) is 23.2 Å². The molecule has 2 aromatic carbocycles. The zero-order valence-electron chi connectivity index (χ0n) is 16.2. The maximum Gasteiger partial charge on any atom is 0.276 e. The molecule has 3 rings (SSSR count). The van der Waals surface area contributed by atoms with Gasteiger partial charge in [0, 0.05) is 24.2 Å². The topological polar surface area (TPSA) is 93.9 Å². The lowest BCUT2D eigenvalue weighted by atomic mass is 10.1. The number of methoxy groups -OCH3 is 1. The molecule has 2 aromatic rings. The number of non-ortho nitro benzene ring substituents is 1. The minimum Gasteiger partial charge on any atom is -0.496 e. The lowest BCUT2D eigenvalue weighted by Gasteiger charge is -2.12. The van der Waals surface area contributed by atoms with Crippen molar-refractivity contribution in [1.82, 2.24) is 10.2 Å². The normalized spacial score (nSPS) is 14.8. The van der Waals surface area contributed by atoms with E-state index in [0.717, 1.165) is 5.56 Å². The summed E-state index contributed by atoms with van der Waals surface area (Å²) in [5, 5.41) is 14.3. The third kappa shape index (κ3) is 4.52. The number of amides is 1. The van der Waals surface area contributed by atoms with Crippen molar-refractivity contribution >= 4 is 46.6 Å². The average Bonchev–Trinajstić information content (AvgIpc) is 2.99. The number of ether oxygens (including phenoxy) is 2. The first-order valence-electron chi connectivity index (χ1n) is 8.92. The van der Waals surface area contributed by atoms with E-state index >= 15 is 0 Å². The van der Waals surface area contributed by atoms with Gasteiger partial charge in [0.1, 0.15) is 23.8 Å². The van der Waals surface area contributed by atoms with Crippen LogP contribution in [0.1, 0.15) is 18.1 Å². The van der Waals surface area contributed by atoms with Crippen LogP contribution in [0.15, 0.2) is 42.1 Å². The van der Waals surface area contributed by atoms with Crippen molar-refractivity contribution in [3.05, 3.63) is 68.4 Å². The van der Waals surface area contributed by atoms with Gasteiger partial charge in [0.05, 0.1) is 17.1 Å². The number of hydrogen-bond acceptors (Lipinski definition) is 6. The number of nitro groups is 1. The number of carbonyl (C=O) groups excluding carboxylic acids is 1. The van der Waals surface area contributed by atoms with Crippen LogP contribution in [-0.4, -0.2) is 34.5 Å². The lowest BCUT2D eigenvalue weighted by Crippen LogP contribution is -2.30. The minimum atomic E-state index is -0.528. The summed E-state index contributed by atoms with van der Waals surface area (Å²) in [5.41, 5.74) is 1.73. The SMILES string of the molecule is CCN1C(=O)/C(=C\c2ccc(OC)c(COc3ccc([N+](=O)[O-])cc3Cl)c2)NC1=S. The van der Waals surface area contributed by atoms with Gasteiger partial charge in [-0.05, 0) is 49.0 Å². The summed E-state index contributed by atoms with van der Waals surface area (Å²) >= 11 is 11.2. The third-order valence-corrected chi connectivity index (χ3v) is 5.02. The molecule has 156 valence electrons. The molecule has 0 atom stereocenters. The summed E-state index contributed by atoms with van der Waals surface area (Å²) in [5.74, 6) is 0.713. The number of likely N-dealkylation sites (N-methyl/N-ethyl adjacent to an activating group) is 1. The van der Waals surface area contributed by atoms with Crippen molar-refractivity contribution in [2.24, 2.45) is 0 Å². The average molecular weight is 448 g/mol. The second kappa shape index (κ2) is 9.10. The molecule has 0 saturated carbocycles. The summed E-state index contributed by atoms with van der Waals surface area (Å²) in [6, 6.07) is 9.38. The maximum atomic E-state index is 12.4. The first-order chi connectivity index (χ1) is 14.3. The zero-order chi connectivity index (χ0) is 21.8. The molecule has 1 heterocycles. The molecule has 1 fully saturated rings. The van der Waals surface area contributed by atoms with Crippen molar-refractivity contribution in [2.45, 2.75) is 13.5 Å². The molecule has 0 radical (unpaired) electrons. The number of thiocarbonyl (C=S) groups is 1. The number of nitrogens with one attached hydrogen (secondary N) is 1. The van der Waals surface area contributed by atoms with E-state index < -0.39 is 4.92 Å². The van der Waals surface area contributed by atoms with Crippen molar-refractivity contribution in [2.75, 3.05) is 13.7 Å². The summed E-state index contributed by atoms with van der Waals surface area (Å²) < 4.78 is 11.1. The Hall–Kier alpha value is -3.17. The van der Waals surface area contributed by atoms with Gasteiger partial charge in [0.25, 0.3) is 11.6 Å². The van der Waals surface area contributed by atoms with E-state index in [0.29, 0.717) is 34.4 Å². The maximum absolute atomic E-state index is 12.4. The Kier molecular flexibility index (Phi) is 6.53. The molecule has 0 bridgehead atoms. The van der Waals surface area contributed by atoms with Crippen molar-refractivity contribution in [3.63, 3.8) is 0 Å². The molecule has 0 aliphatic carbocycles. The van der Waals surface area contributed by atoms with Gasteiger partial charge in [-0.2, -0.15) is 0 Å². The largest absolute Gasteiger partial charge is 0.496 e. The van der Waals surface area contributed by atoms with Crippen LogP contribution in [0.5, 0.6) is 11.5 Å². The fraction of sp³-hybridized carbons (Fsp3) is 0.200. The first-order valence-corrected chi connectivity index (χ1v) is 9.70. The van der Waals surface area contributed by atoms with Crippen LogP contribution in [-0.2, 0) is 11.4 Å². The van der Waals surface area contributed by atoms with Gasteiger partial charge in [0.2, 0.25) is 0 Å². The number of benzene rings is 2. The van der Waals surface area contributed by atoms with Gasteiger partial charge in [-0.15, -0.1) is 0 Å². The first kappa shape index (κ1) is 21.5. The van der Waals surface area contributed by atoms with Crippen LogP contribution < -0.4 is 14.8 Å². The minimum absolute atomic E-state index is 0.110. The predicted molar refractivity (Wildman–Crippen MR) is 117 cm³/mol. The van der Waals surface area contributed by atoms with E-state index in [1.165, 1.54) is 30.2 Å². The van der Waals surface area contributed by atoms with Crippen molar-refractivity contribution < 1.29 is 19.2 Å². The second-order valence-corrected chi connectivity index (χ2v) is 7.06. The highest BCUT2D eigenvalue weighted by Crippen LogP contribution is 2.30. The molecule has 1 saturated heterocycles. The molecule has 30 heavy (non-hydrogen) atoms. The number of nitrogens with zero attached hydrogens (tertiary/aromatic N) is 2. The summed E-state index contributed by atoms with van der Waals surface area (Å²) in [7, 11) is 1.54. The fourth-order valence-corrected chi connectivity index (χ4v) is 3.45. The standard InChI is InChI=1S/C20H18ClN3O5S/c1-3-23-19(25)16(22-20(23)30)9-12-4-6-17(28-2)13(8-12)11-29-18-7-5-14(24(26)27)10-15(18)21/h4-10H,3,11H2,1-2H3,(H,22,30)/b16-9+. The monoisotopic (exact) mass is 447 g/mol. The van der Waals surface area contributed by atoms with Gasteiger partial charge in [-0.3, -0.25) is 19.8 Å². The second-order valence-electron chi connectivity index (χ2n) is 6.27. The highest BCUT2D eigenvalue weighted by atomic mass is 35.5. The summed E-state index contributed by atoms with van der Waals surface area (Å²) in [6.07, 6.45) is 1.70. The van der Waals surface area contributed by atoms with Crippen molar-refractivity contribution in [1.29, 1.82) is 0 Å². The number of carbonyl (C=O) groups is 1. The Bertz CT molecular complexity index is 1060. The highest BCUT2D eigenvalue weighted by molar-refractivity contribution is 7.80. The molecule has 0 unspecified atom stereocenters. The van der Waals surface area contributed by atoms with Crippen LogP contribution in [0, 0.1) is 10.1 Å². The van der Waals surface area contributed by atoms with E-state index in [1.807, 2.05) is 13.0 Å². The van der Waals surface area contributed by atoms with E-state index in [4.69, 9.17) is 33.3 Å². The Labute approximate surface area is 183 Å². The predicted octanol–water partition coefficient (Wildman–Crippen LogP) is 3.91. The third-order valence-electron chi connectivity index (χ3n) is 4.40. The Balaban J connectivity index is 1.82. The molecule has 1 aliphatic heterocycles. The van der Waals surface area contributed by atoms with E-state index in [2.05, 4.69) is 5.32 Å². The van der Waals surface area contributed by atoms with Crippen molar-refractivity contribution in [3.8, 4) is 11.5 Å². The summed E-state index contributed by atoms with van der Waals surface area (Å²) in [4.78, 5) is 24.2. The van der Waals surface area contributed by atoms with E-state index in [9.17, 15) is 14.9 Å². The van der Waals surface area contributed by atoms with Crippen LogP contribution in [0.4, 0.5) is 5.69 Å². The molecule has 1 amide bonds. The fourth-order valence-electron chi connectivity index (χ4n) is 2.90. The van der Waals surface area contributed by atoms with Crippen LogP contribution in [0.25, 0.3) is 6.08 Å². The van der Waals surface area contributed by atoms with Gasteiger partial charge in [-0.1, -0.05) is 17.7 Å². The van der Waals surface area contributed by atoms with E-state index in [1.54, 1.807) is 18.2 Å². The van der Waals surface area contributed by atoms with Crippen LogP contribution >= 0.6 is 23.8 Å². The molecule has 1 aliphatic rings. The van der Waals surface area contributed by atoms with Gasteiger partial charge < -0.3 is 14.8 Å². The Morgan fingerprint density at radius 3 is 2.60 bits per heavy atom. The number of halogens is 1. The Morgan fingerprint density at radius 2 is 2.00 bits per heavy atom. The molecule has 0 aromatic heterocycles. The molecule has 0 spiro atoms.